The lowest BCUT2D eigenvalue weighted by molar-refractivity contribution is 0.104. The average Bonchev–Trinajstić information content (AvgIpc) is 2.44. The minimum absolute atomic E-state index is 0.00311. The molecule has 0 heterocycles. The number of carbonyl (C=O) groups is 1. The second kappa shape index (κ2) is 6.85. The zero-order valence-corrected chi connectivity index (χ0v) is 15.6. The Morgan fingerprint density at radius 1 is 0.909 bits per heavy atom. The van der Waals surface area contributed by atoms with Crippen LogP contribution in [0.5, 0.6) is 17.2 Å². The van der Waals surface area contributed by atoms with Gasteiger partial charge in [0.15, 0.2) is 5.78 Å². The Bertz CT molecular complexity index is 785. The molecule has 0 bridgehead atoms. The molecular weight excluding hydrogens is 484 g/mol. The fourth-order valence-corrected chi connectivity index (χ4v) is 3.32. The van der Waals surface area contributed by atoms with Crippen molar-refractivity contribution < 1.29 is 20.1 Å². The molecule has 0 saturated carbocycles. The molecule has 7 heteroatoms. The Kier molecular flexibility index (Phi) is 5.31. The third kappa shape index (κ3) is 3.71. The van der Waals surface area contributed by atoms with Crippen LogP contribution in [0.3, 0.4) is 0 Å². The number of ketones is 1. The molecule has 0 unspecified atom stereocenters. The van der Waals surface area contributed by atoms with Gasteiger partial charge in [0, 0.05) is 16.1 Å². The summed E-state index contributed by atoms with van der Waals surface area (Å²) >= 11 is 9.58. The van der Waals surface area contributed by atoms with Gasteiger partial charge in [0.1, 0.15) is 17.2 Å². The van der Waals surface area contributed by atoms with E-state index in [9.17, 15) is 20.1 Å². The average molecular weight is 493 g/mol. The van der Waals surface area contributed by atoms with Gasteiger partial charge in [0.2, 0.25) is 0 Å². The summed E-state index contributed by atoms with van der Waals surface area (Å²) in [5.74, 6) is -0.946. The van der Waals surface area contributed by atoms with Crippen molar-refractivity contribution >= 4 is 59.6 Å². The van der Waals surface area contributed by atoms with Crippen molar-refractivity contribution in [2.24, 2.45) is 0 Å². The Hall–Kier alpha value is -1.31. The first kappa shape index (κ1) is 17.1. The standard InChI is InChI=1S/C15H9Br3O4/c16-8-3-7(15(22)11(18)4-8)1-2-12(19)9-5-10(17)14(21)6-13(9)20/h1-6,20-22H. The van der Waals surface area contributed by atoms with Crippen molar-refractivity contribution in [2.45, 2.75) is 0 Å². The molecule has 2 aromatic rings. The van der Waals surface area contributed by atoms with E-state index in [-0.39, 0.29) is 22.8 Å². The minimum Gasteiger partial charge on any atom is -0.507 e. The van der Waals surface area contributed by atoms with Crippen molar-refractivity contribution in [1.82, 2.24) is 0 Å². The lowest BCUT2D eigenvalue weighted by Gasteiger charge is -2.05. The molecule has 22 heavy (non-hydrogen) atoms. The number of halogens is 3. The molecule has 0 saturated heterocycles. The SMILES string of the molecule is O=C(C=Cc1cc(Br)cc(Br)c1O)c1cc(Br)c(O)cc1O. The number of hydrogen-bond acceptors (Lipinski definition) is 4. The van der Waals surface area contributed by atoms with Crippen molar-refractivity contribution in [1.29, 1.82) is 0 Å². The second-order valence-electron chi connectivity index (χ2n) is 4.34. The fraction of sp³-hybridized carbons (Fsp3) is 0. The van der Waals surface area contributed by atoms with Crippen LogP contribution in [-0.4, -0.2) is 21.1 Å². The summed E-state index contributed by atoms with van der Waals surface area (Å²) < 4.78 is 1.53. The number of phenols is 3. The van der Waals surface area contributed by atoms with Gasteiger partial charge >= 0.3 is 0 Å². The first-order chi connectivity index (χ1) is 10.3. The highest BCUT2D eigenvalue weighted by Gasteiger charge is 2.12. The van der Waals surface area contributed by atoms with Gasteiger partial charge in [-0.3, -0.25) is 4.79 Å². The summed E-state index contributed by atoms with van der Waals surface area (Å²) in [6.07, 6.45) is 2.67. The summed E-state index contributed by atoms with van der Waals surface area (Å²) in [5, 5.41) is 29.1. The number of rotatable bonds is 3. The van der Waals surface area contributed by atoms with E-state index >= 15 is 0 Å². The minimum atomic E-state index is -0.464. The van der Waals surface area contributed by atoms with Crippen molar-refractivity contribution in [2.75, 3.05) is 0 Å². The summed E-state index contributed by atoms with van der Waals surface area (Å²) in [4.78, 5) is 12.1. The van der Waals surface area contributed by atoms with E-state index in [1.807, 2.05) is 0 Å². The molecule has 0 aliphatic heterocycles. The van der Waals surface area contributed by atoms with E-state index in [1.54, 1.807) is 12.1 Å². The van der Waals surface area contributed by atoms with E-state index in [1.165, 1.54) is 18.2 Å². The lowest BCUT2D eigenvalue weighted by atomic mass is 10.1. The van der Waals surface area contributed by atoms with Crippen molar-refractivity contribution in [3.05, 3.63) is 54.9 Å². The highest BCUT2D eigenvalue weighted by Crippen LogP contribution is 2.34. The zero-order valence-electron chi connectivity index (χ0n) is 10.8. The number of hydrogen-bond donors (Lipinski definition) is 3. The van der Waals surface area contributed by atoms with Gasteiger partial charge < -0.3 is 15.3 Å². The predicted octanol–water partition coefficient (Wildman–Crippen LogP) is 4.99. The van der Waals surface area contributed by atoms with Gasteiger partial charge in [-0.1, -0.05) is 15.9 Å². The van der Waals surface area contributed by atoms with Crippen LogP contribution in [0, 0.1) is 0 Å². The molecular formula is C15H9Br3O4. The van der Waals surface area contributed by atoms with Gasteiger partial charge in [0.25, 0.3) is 0 Å². The number of aromatic hydroxyl groups is 3. The maximum Gasteiger partial charge on any atom is 0.189 e. The maximum absolute atomic E-state index is 12.1. The number of carbonyl (C=O) groups excluding carboxylic acids is 1. The van der Waals surface area contributed by atoms with E-state index in [2.05, 4.69) is 47.8 Å². The molecule has 0 spiro atoms. The number of benzene rings is 2. The van der Waals surface area contributed by atoms with Gasteiger partial charge in [-0.05, 0) is 62.2 Å². The van der Waals surface area contributed by atoms with Gasteiger partial charge in [-0.25, -0.2) is 0 Å². The molecule has 0 fully saturated rings. The van der Waals surface area contributed by atoms with E-state index < -0.39 is 5.78 Å². The van der Waals surface area contributed by atoms with E-state index in [4.69, 9.17) is 0 Å². The molecule has 2 rings (SSSR count). The molecule has 0 aromatic heterocycles. The molecule has 2 aromatic carbocycles. The fourth-order valence-electron chi connectivity index (χ4n) is 1.72. The third-order valence-corrected chi connectivity index (χ3v) is 4.50. The number of allylic oxidation sites excluding steroid dienone is 1. The summed E-state index contributed by atoms with van der Waals surface area (Å²) in [6.45, 7) is 0. The van der Waals surface area contributed by atoms with Crippen molar-refractivity contribution in [3.8, 4) is 17.2 Å². The Labute approximate surface area is 151 Å². The highest BCUT2D eigenvalue weighted by atomic mass is 79.9. The molecule has 0 aliphatic carbocycles. The molecule has 4 nitrogen and oxygen atoms in total. The van der Waals surface area contributed by atoms with Crippen LogP contribution in [0.2, 0.25) is 0 Å². The van der Waals surface area contributed by atoms with E-state index in [0.717, 1.165) is 10.5 Å². The Morgan fingerprint density at radius 3 is 2.27 bits per heavy atom. The van der Waals surface area contributed by atoms with Crippen LogP contribution >= 0.6 is 47.8 Å². The second-order valence-corrected chi connectivity index (χ2v) is 6.97. The Balaban J connectivity index is 2.35. The molecule has 0 atom stereocenters. The Morgan fingerprint density at radius 2 is 1.59 bits per heavy atom. The molecule has 114 valence electrons. The van der Waals surface area contributed by atoms with Crippen LogP contribution in [0.4, 0.5) is 0 Å². The lowest BCUT2D eigenvalue weighted by Crippen LogP contribution is -1.95. The first-order valence-electron chi connectivity index (χ1n) is 5.91. The predicted molar refractivity (Wildman–Crippen MR) is 94.3 cm³/mol. The van der Waals surface area contributed by atoms with Crippen LogP contribution in [-0.2, 0) is 0 Å². The molecule has 0 amide bonds. The topological polar surface area (TPSA) is 77.8 Å². The monoisotopic (exact) mass is 490 g/mol. The van der Waals surface area contributed by atoms with Gasteiger partial charge in [-0.2, -0.15) is 0 Å². The normalized spacial score (nSPS) is 11.0. The smallest absolute Gasteiger partial charge is 0.189 e. The highest BCUT2D eigenvalue weighted by molar-refractivity contribution is 9.11. The quantitative estimate of drug-likeness (QED) is 0.417. The van der Waals surface area contributed by atoms with E-state index in [0.29, 0.717) is 14.5 Å². The summed E-state index contributed by atoms with van der Waals surface area (Å²) in [5.41, 5.74) is 0.474. The summed E-state index contributed by atoms with van der Waals surface area (Å²) in [6, 6.07) is 5.74. The first-order valence-corrected chi connectivity index (χ1v) is 8.29. The summed E-state index contributed by atoms with van der Waals surface area (Å²) in [7, 11) is 0. The third-order valence-electron chi connectivity index (χ3n) is 2.80. The zero-order chi connectivity index (χ0) is 16.4. The van der Waals surface area contributed by atoms with Crippen LogP contribution < -0.4 is 0 Å². The van der Waals surface area contributed by atoms with Gasteiger partial charge in [0.05, 0.1) is 14.5 Å². The van der Waals surface area contributed by atoms with Crippen LogP contribution in [0.25, 0.3) is 6.08 Å². The van der Waals surface area contributed by atoms with Gasteiger partial charge in [-0.15, -0.1) is 0 Å². The van der Waals surface area contributed by atoms with Crippen LogP contribution in [0.1, 0.15) is 15.9 Å². The van der Waals surface area contributed by atoms with Crippen molar-refractivity contribution in [3.63, 3.8) is 0 Å². The maximum atomic E-state index is 12.1. The largest absolute Gasteiger partial charge is 0.507 e. The molecule has 0 radical (unpaired) electrons. The number of phenolic OH excluding ortho intramolecular Hbond substituents is 3. The van der Waals surface area contributed by atoms with Crippen LogP contribution in [0.15, 0.2) is 43.8 Å². The molecule has 3 N–H and O–H groups in total. The molecule has 0 aliphatic rings.